The van der Waals surface area contributed by atoms with E-state index in [1.54, 1.807) is 0 Å². The molecule has 2 aliphatic heterocycles. The second-order valence-corrected chi connectivity index (χ2v) is 4.98. The van der Waals surface area contributed by atoms with Crippen LogP contribution in [0.1, 0.15) is 26.2 Å². The van der Waals surface area contributed by atoms with Gasteiger partial charge >= 0.3 is 0 Å². The van der Waals surface area contributed by atoms with Crippen molar-refractivity contribution in [2.45, 2.75) is 44.3 Å². The van der Waals surface area contributed by atoms with Crippen LogP contribution in [0.15, 0.2) is 12.2 Å². The minimum Gasteiger partial charge on any atom is -0.302 e. The zero-order chi connectivity index (χ0) is 10.4. The first-order valence-electron chi connectivity index (χ1n) is 6.00. The van der Waals surface area contributed by atoms with Gasteiger partial charge in [0.25, 0.3) is 0 Å². The van der Waals surface area contributed by atoms with E-state index in [4.69, 9.17) is 0 Å². The Labute approximate surface area is 90.7 Å². The Morgan fingerprint density at radius 2 is 2.27 bits per heavy atom. The quantitative estimate of drug-likeness (QED) is 0.501. The third-order valence-electron chi connectivity index (χ3n) is 4.19. The van der Waals surface area contributed by atoms with Crippen LogP contribution in [0.4, 0.5) is 0 Å². The number of aldehydes is 1. The zero-order valence-corrected chi connectivity index (χ0v) is 9.17. The highest BCUT2D eigenvalue weighted by molar-refractivity contribution is 5.58. The van der Waals surface area contributed by atoms with E-state index in [-0.39, 0.29) is 6.04 Å². The first kappa shape index (κ1) is 9.55. The smallest absolute Gasteiger partial charge is 0.138 e. The second kappa shape index (κ2) is 3.42. The van der Waals surface area contributed by atoms with E-state index in [0.29, 0.717) is 18.0 Å². The summed E-state index contributed by atoms with van der Waals surface area (Å²) >= 11 is 0. The Bertz CT molecular complexity index is 302. The summed E-state index contributed by atoms with van der Waals surface area (Å²) in [5.41, 5.74) is 0. The highest BCUT2D eigenvalue weighted by Gasteiger charge is 2.45. The number of hydrogen-bond donors (Lipinski definition) is 0. The molecule has 3 heteroatoms. The monoisotopic (exact) mass is 206 g/mol. The maximum Gasteiger partial charge on any atom is 0.138 e. The van der Waals surface area contributed by atoms with E-state index in [1.807, 2.05) is 0 Å². The van der Waals surface area contributed by atoms with E-state index >= 15 is 0 Å². The molecular formula is C12H18N2O. The molecule has 15 heavy (non-hydrogen) atoms. The van der Waals surface area contributed by atoms with Gasteiger partial charge in [0.1, 0.15) is 6.29 Å². The summed E-state index contributed by atoms with van der Waals surface area (Å²) in [6.07, 6.45) is 9.23. The molecule has 3 aliphatic rings. The molecule has 0 N–H and O–H groups in total. The maximum absolute atomic E-state index is 11.0. The fourth-order valence-electron chi connectivity index (χ4n) is 3.39. The van der Waals surface area contributed by atoms with Crippen LogP contribution in [0.2, 0.25) is 0 Å². The first-order valence-corrected chi connectivity index (χ1v) is 6.00. The molecule has 2 heterocycles. The Hall–Kier alpha value is -0.670. The highest BCUT2D eigenvalue weighted by atomic mass is 16.1. The normalized spacial score (nSPS) is 45.4. The number of rotatable bonds is 2. The van der Waals surface area contributed by atoms with Crippen LogP contribution in [0.5, 0.6) is 0 Å². The van der Waals surface area contributed by atoms with Crippen molar-refractivity contribution in [2.75, 3.05) is 6.54 Å². The summed E-state index contributed by atoms with van der Waals surface area (Å²) in [7, 11) is 0. The average molecular weight is 206 g/mol. The second-order valence-electron chi connectivity index (χ2n) is 4.98. The molecule has 2 bridgehead atoms. The van der Waals surface area contributed by atoms with Gasteiger partial charge in [-0.3, -0.25) is 0 Å². The molecule has 2 saturated heterocycles. The number of hydrazine groups is 1. The molecule has 0 aromatic rings. The van der Waals surface area contributed by atoms with Crippen molar-refractivity contribution in [1.82, 2.24) is 10.0 Å². The van der Waals surface area contributed by atoms with E-state index in [0.717, 1.165) is 25.7 Å². The van der Waals surface area contributed by atoms with Crippen molar-refractivity contribution in [1.29, 1.82) is 0 Å². The highest BCUT2D eigenvalue weighted by Crippen LogP contribution is 2.39. The summed E-state index contributed by atoms with van der Waals surface area (Å²) in [6.45, 7) is 3.35. The Morgan fingerprint density at radius 3 is 2.93 bits per heavy atom. The molecule has 0 radical (unpaired) electrons. The van der Waals surface area contributed by atoms with Crippen molar-refractivity contribution in [2.24, 2.45) is 5.92 Å². The molecule has 0 saturated carbocycles. The fraction of sp³-hybridized carbons (Fsp3) is 0.750. The van der Waals surface area contributed by atoms with Crippen molar-refractivity contribution in [3.8, 4) is 0 Å². The van der Waals surface area contributed by atoms with Gasteiger partial charge in [-0.2, -0.15) is 0 Å². The van der Waals surface area contributed by atoms with Gasteiger partial charge in [-0.05, 0) is 32.1 Å². The predicted molar refractivity (Wildman–Crippen MR) is 58.1 cm³/mol. The minimum absolute atomic E-state index is 0.139. The van der Waals surface area contributed by atoms with Crippen molar-refractivity contribution >= 4 is 6.29 Å². The molecular weight excluding hydrogens is 188 g/mol. The number of carbonyl (C=O) groups excluding carboxylic acids is 1. The van der Waals surface area contributed by atoms with E-state index in [1.165, 1.54) is 6.42 Å². The van der Waals surface area contributed by atoms with Crippen LogP contribution in [0.25, 0.3) is 0 Å². The molecule has 0 aromatic carbocycles. The van der Waals surface area contributed by atoms with Crippen LogP contribution in [0.3, 0.4) is 0 Å². The number of nitrogens with zero attached hydrogens (tertiary/aromatic N) is 2. The lowest BCUT2D eigenvalue weighted by Gasteiger charge is -2.39. The number of fused-ring (bicyclic) bond motifs is 2. The lowest BCUT2D eigenvalue weighted by molar-refractivity contribution is -0.122. The molecule has 3 unspecified atom stereocenters. The van der Waals surface area contributed by atoms with Crippen LogP contribution in [0, 0.1) is 5.92 Å². The third kappa shape index (κ3) is 1.30. The van der Waals surface area contributed by atoms with Crippen LogP contribution < -0.4 is 0 Å². The van der Waals surface area contributed by atoms with Gasteiger partial charge in [-0.15, -0.1) is 0 Å². The van der Waals surface area contributed by atoms with Crippen LogP contribution in [-0.4, -0.2) is 41.0 Å². The Morgan fingerprint density at radius 1 is 1.40 bits per heavy atom. The van der Waals surface area contributed by atoms with Gasteiger partial charge in [0.05, 0.1) is 6.04 Å². The van der Waals surface area contributed by atoms with Crippen molar-refractivity contribution in [3.05, 3.63) is 12.2 Å². The zero-order valence-electron chi connectivity index (χ0n) is 9.17. The molecule has 0 amide bonds. The summed E-state index contributed by atoms with van der Waals surface area (Å²) in [4.78, 5) is 11.0. The number of carbonyl (C=O) groups is 1. The van der Waals surface area contributed by atoms with Crippen LogP contribution in [-0.2, 0) is 4.79 Å². The lowest BCUT2D eigenvalue weighted by atomic mass is 10.1. The summed E-state index contributed by atoms with van der Waals surface area (Å²) in [6, 6.07) is 1.28. The first-order chi connectivity index (χ1) is 7.31. The average Bonchev–Trinajstić information content (AvgIpc) is 2.89. The topological polar surface area (TPSA) is 23.6 Å². The molecule has 4 atom stereocenters. The standard InChI is InChI=1S/C12H18N2O/c1-9-10-4-5-11(7-10)14(9)13-6-2-3-12(13)8-15/h4-5,8-12H,2-3,6-7H2,1H3/t9?,10?,11?,12-/m0/s1. The van der Waals surface area contributed by atoms with Crippen molar-refractivity contribution in [3.63, 3.8) is 0 Å². The number of hydrogen-bond acceptors (Lipinski definition) is 3. The Kier molecular flexibility index (Phi) is 2.18. The van der Waals surface area contributed by atoms with Gasteiger partial charge in [0, 0.05) is 18.6 Å². The minimum atomic E-state index is 0.139. The van der Waals surface area contributed by atoms with E-state index in [9.17, 15) is 4.79 Å². The largest absolute Gasteiger partial charge is 0.302 e. The SMILES string of the molecule is CC1C2C=CC(C2)N1N1CCC[C@H]1C=O. The predicted octanol–water partition coefficient (Wildman–Crippen LogP) is 1.21. The van der Waals surface area contributed by atoms with E-state index < -0.39 is 0 Å². The summed E-state index contributed by atoms with van der Waals surface area (Å²) in [5, 5.41) is 4.77. The summed E-state index contributed by atoms with van der Waals surface area (Å²) in [5.74, 6) is 0.711. The molecule has 1 aliphatic carbocycles. The molecule has 2 fully saturated rings. The van der Waals surface area contributed by atoms with Gasteiger partial charge < -0.3 is 4.79 Å². The lowest BCUT2D eigenvalue weighted by Crippen LogP contribution is -2.52. The molecule has 82 valence electrons. The van der Waals surface area contributed by atoms with Gasteiger partial charge in [-0.1, -0.05) is 12.2 Å². The fourth-order valence-corrected chi connectivity index (χ4v) is 3.39. The summed E-state index contributed by atoms with van der Waals surface area (Å²) < 4.78 is 0. The Balaban J connectivity index is 1.82. The van der Waals surface area contributed by atoms with Gasteiger partial charge in [0.15, 0.2) is 0 Å². The molecule has 0 spiro atoms. The van der Waals surface area contributed by atoms with Gasteiger partial charge in [0.2, 0.25) is 0 Å². The van der Waals surface area contributed by atoms with Crippen molar-refractivity contribution < 1.29 is 4.79 Å². The van der Waals surface area contributed by atoms with Gasteiger partial charge in [-0.25, -0.2) is 10.0 Å². The molecule has 3 nitrogen and oxygen atoms in total. The maximum atomic E-state index is 11.0. The van der Waals surface area contributed by atoms with Crippen LogP contribution >= 0.6 is 0 Å². The molecule has 3 rings (SSSR count). The molecule has 0 aromatic heterocycles. The third-order valence-corrected chi connectivity index (χ3v) is 4.19. The van der Waals surface area contributed by atoms with E-state index in [2.05, 4.69) is 29.1 Å².